The molecule has 2 rings (SSSR count). The maximum Gasteiger partial charge on any atom is 0.329 e. The summed E-state index contributed by atoms with van der Waals surface area (Å²) in [4.78, 5) is 25.0. The van der Waals surface area contributed by atoms with E-state index < -0.39 is 21.8 Å². The zero-order chi connectivity index (χ0) is 17.6. The summed E-state index contributed by atoms with van der Waals surface area (Å²) in [5, 5.41) is 0. The van der Waals surface area contributed by atoms with E-state index in [0.29, 0.717) is 10.2 Å². The lowest BCUT2D eigenvalue weighted by Gasteiger charge is -2.10. The van der Waals surface area contributed by atoms with Gasteiger partial charge in [-0.15, -0.1) is 4.83 Å². The van der Waals surface area contributed by atoms with Crippen molar-refractivity contribution in [3.8, 4) is 0 Å². The summed E-state index contributed by atoms with van der Waals surface area (Å²) in [5.41, 5.74) is 7.05. The fourth-order valence-electron chi connectivity index (χ4n) is 1.55. The zero-order valence-electron chi connectivity index (χ0n) is 12.1. The second-order valence-electron chi connectivity index (χ2n) is 4.46. The van der Waals surface area contributed by atoms with Gasteiger partial charge < -0.3 is 0 Å². The Hall–Kier alpha value is -2.43. The third-order valence-electron chi connectivity index (χ3n) is 2.72. The van der Waals surface area contributed by atoms with Crippen molar-refractivity contribution in [1.29, 1.82) is 0 Å². The number of sulfonamides is 1. The van der Waals surface area contributed by atoms with Crippen molar-refractivity contribution in [2.75, 3.05) is 5.43 Å². The number of nitrogens with one attached hydrogen (secondary N) is 4. The van der Waals surface area contributed by atoms with Crippen molar-refractivity contribution in [2.24, 2.45) is 0 Å². The van der Waals surface area contributed by atoms with Crippen LogP contribution >= 0.6 is 15.9 Å². The minimum atomic E-state index is -3.98. The number of hydrazine groups is 2. The number of para-hydroxylation sites is 1. The molecule has 0 fully saturated rings. The largest absolute Gasteiger partial charge is 0.329 e. The first-order chi connectivity index (χ1) is 11.4. The second-order valence-corrected chi connectivity index (χ2v) is 7.06. The van der Waals surface area contributed by atoms with Crippen LogP contribution in [-0.2, 0) is 19.6 Å². The topological polar surface area (TPSA) is 116 Å². The van der Waals surface area contributed by atoms with E-state index in [0.717, 1.165) is 0 Å². The highest BCUT2D eigenvalue weighted by Gasteiger charge is 2.18. The fraction of sp³-hybridized carbons (Fsp3) is 0. The van der Waals surface area contributed by atoms with Gasteiger partial charge in [0.05, 0.1) is 10.6 Å². The standard InChI is InChI=1S/C14H13BrN4O4S/c15-10-6-8-12(9-7-10)24(22,23)19-18-14(21)13(20)17-16-11-4-2-1-3-5-11/h1-9,16,19H,(H,17,20)(H,18,21). The van der Waals surface area contributed by atoms with Crippen molar-refractivity contribution in [3.05, 3.63) is 59.1 Å². The Kier molecular flexibility index (Phi) is 5.90. The van der Waals surface area contributed by atoms with Crippen LogP contribution < -0.4 is 21.1 Å². The molecule has 0 aliphatic heterocycles. The molecule has 24 heavy (non-hydrogen) atoms. The zero-order valence-corrected chi connectivity index (χ0v) is 14.5. The second kappa shape index (κ2) is 7.90. The van der Waals surface area contributed by atoms with Gasteiger partial charge in [-0.3, -0.25) is 25.9 Å². The van der Waals surface area contributed by atoms with Gasteiger partial charge in [-0.25, -0.2) is 8.42 Å². The van der Waals surface area contributed by atoms with Crippen molar-refractivity contribution < 1.29 is 18.0 Å². The summed E-state index contributed by atoms with van der Waals surface area (Å²) < 4.78 is 24.6. The number of halogens is 1. The summed E-state index contributed by atoms with van der Waals surface area (Å²) in [5.74, 6) is -2.23. The number of hydrogen-bond donors (Lipinski definition) is 4. The Balaban J connectivity index is 1.87. The lowest BCUT2D eigenvalue weighted by Crippen LogP contribution is -2.49. The molecular weight excluding hydrogens is 400 g/mol. The van der Waals surface area contributed by atoms with Crippen LogP contribution in [0.2, 0.25) is 0 Å². The van der Waals surface area contributed by atoms with Gasteiger partial charge in [0.25, 0.3) is 10.0 Å². The van der Waals surface area contributed by atoms with Crippen LogP contribution in [0.15, 0.2) is 64.0 Å². The maximum atomic E-state index is 12.0. The third kappa shape index (κ3) is 5.05. The van der Waals surface area contributed by atoms with E-state index in [-0.39, 0.29) is 4.90 Å². The summed E-state index contributed by atoms with van der Waals surface area (Å²) in [7, 11) is -3.98. The van der Waals surface area contributed by atoms with Gasteiger partial charge in [-0.1, -0.05) is 34.1 Å². The van der Waals surface area contributed by atoms with Gasteiger partial charge in [0.2, 0.25) is 0 Å². The van der Waals surface area contributed by atoms with E-state index in [9.17, 15) is 18.0 Å². The Bertz CT molecular complexity index is 826. The predicted octanol–water partition coefficient (Wildman–Crippen LogP) is 0.902. The van der Waals surface area contributed by atoms with E-state index in [1.807, 2.05) is 10.3 Å². The molecule has 0 heterocycles. The number of carbonyl (C=O) groups is 2. The van der Waals surface area contributed by atoms with Gasteiger partial charge in [-0.2, -0.15) is 0 Å². The predicted molar refractivity (Wildman–Crippen MR) is 90.8 cm³/mol. The molecule has 126 valence electrons. The number of benzene rings is 2. The lowest BCUT2D eigenvalue weighted by molar-refractivity contribution is -0.139. The third-order valence-corrected chi connectivity index (χ3v) is 4.52. The Morgan fingerprint density at radius 2 is 1.42 bits per heavy atom. The van der Waals surface area contributed by atoms with Crippen molar-refractivity contribution in [1.82, 2.24) is 15.7 Å². The molecule has 0 aliphatic carbocycles. The van der Waals surface area contributed by atoms with E-state index in [2.05, 4.69) is 26.8 Å². The molecule has 0 bridgehead atoms. The van der Waals surface area contributed by atoms with Crippen molar-refractivity contribution in [3.63, 3.8) is 0 Å². The van der Waals surface area contributed by atoms with E-state index in [1.54, 1.807) is 30.3 Å². The molecule has 0 atom stereocenters. The first-order valence-electron chi connectivity index (χ1n) is 6.57. The number of anilines is 1. The molecule has 2 amide bonds. The molecule has 0 saturated heterocycles. The van der Waals surface area contributed by atoms with Crippen LogP contribution in [0.1, 0.15) is 0 Å². The first-order valence-corrected chi connectivity index (χ1v) is 8.85. The molecule has 0 unspecified atom stereocenters. The van der Waals surface area contributed by atoms with Crippen LogP contribution in [0.25, 0.3) is 0 Å². The fourth-order valence-corrected chi connectivity index (χ4v) is 2.65. The number of carbonyl (C=O) groups excluding carboxylic acids is 2. The quantitative estimate of drug-likeness (QED) is 0.430. The summed E-state index contributed by atoms with van der Waals surface area (Å²) in [6.45, 7) is 0. The minimum Gasteiger partial charge on any atom is -0.298 e. The molecular formula is C14H13BrN4O4S. The van der Waals surface area contributed by atoms with Crippen LogP contribution in [0.3, 0.4) is 0 Å². The van der Waals surface area contributed by atoms with Crippen molar-refractivity contribution >= 4 is 43.5 Å². The smallest absolute Gasteiger partial charge is 0.298 e. The van der Waals surface area contributed by atoms with E-state index >= 15 is 0 Å². The van der Waals surface area contributed by atoms with Crippen LogP contribution in [-0.4, -0.2) is 20.2 Å². The SMILES string of the molecule is O=C(NNc1ccccc1)C(=O)NNS(=O)(=O)c1ccc(Br)cc1. The van der Waals surface area contributed by atoms with Gasteiger partial charge >= 0.3 is 11.8 Å². The van der Waals surface area contributed by atoms with Gasteiger partial charge in [0.1, 0.15) is 0 Å². The van der Waals surface area contributed by atoms with Gasteiger partial charge in [-0.05, 0) is 36.4 Å². The Morgan fingerprint density at radius 3 is 2.04 bits per heavy atom. The molecule has 0 aliphatic rings. The van der Waals surface area contributed by atoms with E-state index in [4.69, 9.17) is 0 Å². The van der Waals surface area contributed by atoms with E-state index in [1.165, 1.54) is 24.3 Å². The van der Waals surface area contributed by atoms with Gasteiger partial charge in [0.15, 0.2) is 0 Å². The summed E-state index contributed by atoms with van der Waals surface area (Å²) in [6.07, 6.45) is 0. The number of hydrogen-bond acceptors (Lipinski definition) is 5. The highest BCUT2D eigenvalue weighted by atomic mass is 79.9. The number of rotatable bonds is 5. The average molecular weight is 413 g/mol. The van der Waals surface area contributed by atoms with Crippen LogP contribution in [0.4, 0.5) is 5.69 Å². The Labute approximate surface area is 146 Å². The molecule has 0 saturated carbocycles. The summed E-state index contributed by atoms with van der Waals surface area (Å²) in [6, 6.07) is 14.4. The van der Waals surface area contributed by atoms with Crippen LogP contribution in [0, 0.1) is 0 Å². The molecule has 2 aromatic carbocycles. The highest BCUT2D eigenvalue weighted by molar-refractivity contribution is 9.10. The normalized spacial score (nSPS) is 10.7. The van der Waals surface area contributed by atoms with Crippen molar-refractivity contribution in [2.45, 2.75) is 4.90 Å². The molecule has 0 spiro atoms. The lowest BCUT2D eigenvalue weighted by atomic mass is 10.3. The minimum absolute atomic E-state index is 0.0613. The molecule has 4 N–H and O–H groups in total. The highest BCUT2D eigenvalue weighted by Crippen LogP contribution is 2.13. The molecule has 2 aromatic rings. The molecule has 0 radical (unpaired) electrons. The maximum absolute atomic E-state index is 12.0. The monoisotopic (exact) mass is 412 g/mol. The number of amides is 2. The van der Waals surface area contributed by atoms with Crippen LogP contribution in [0.5, 0.6) is 0 Å². The average Bonchev–Trinajstić information content (AvgIpc) is 2.59. The Morgan fingerprint density at radius 1 is 0.833 bits per heavy atom. The first kappa shape index (κ1) is 17.9. The van der Waals surface area contributed by atoms with Gasteiger partial charge in [0, 0.05) is 4.47 Å². The molecule has 8 nitrogen and oxygen atoms in total. The molecule has 0 aromatic heterocycles. The molecule has 10 heteroatoms. The summed E-state index contributed by atoms with van der Waals surface area (Å²) >= 11 is 3.19.